The summed E-state index contributed by atoms with van der Waals surface area (Å²) in [4.78, 5) is 2.38. The van der Waals surface area contributed by atoms with Gasteiger partial charge in [-0.2, -0.15) is 0 Å². The molecule has 108 valence electrons. The molecular weight excluding hydrogens is 281 g/mol. The maximum Gasteiger partial charge on any atom is 0.0693 e. The number of nitrogen functional groups attached to an aromatic ring is 1. The highest BCUT2D eigenvalue weighted by Gasteiger charge is 2.10. The zero-order valence-corrected chi connectivity index (χ0v) is 13.4. The lowest BCUT2D eigenvalue weighted by molar-refractivity contribution is 0.298. The molecule has 0 fully saturated rings. The first-order chi connectivity index (χ1) is 8.99. The standard InChI is InChI=1S/C14H23Cl2N3/c1-4-19(5-2)7-6-18-10(3)11-8-12(15)14(17)13(16)9-11/h8-10,18H,4-7,17H2,1-3H3. The first kappa shape index (κ1) is 16.6. The summed E-state index contributed by atoms with van der Waals surface area (Å²) in [7, 11) is 0. The van der Waals surface area contributed by atoms with Crippen molar-refractivity contribution in [2.45, 2.75) is 26.8 Å². The molecule has 3 N–H and O–H groups in total. The molecule has 0 aliphatic rings. The summed E-state index contributed by atoms with van der Waals surface area (Å²) in [5.41, 5.74) is 7.24. The van der Waals surface area contributed by atoms with Crippen molar-refractivity contribution in [3.63, 3.8) is 0 Å². The Morgan fingerprint density at radius 2 is 1.74 bits per heavy atom. The predicted octanol–water partition coefficient (Wildman–Crippen LogP) is 3.57. The second kappa shape index (κ2) is 7.95. The minimum Gasteiger partial charge on any atom is -0.396 e. The van der Waals surface area contributed by atoms with Gasteiger partial charge in [0.1, 0.15) is 0 Å². The molecule has 0 heterocycles. The van der Waals surface area contributed by atoms with Crippen molar-refractivity contribution < 1.29 is 0 Å². The second-order valence-electron chi connectivity index (χ2n) is 4.60. The van der Waals surface area contributed by atoms with E-state index in [1.165, 1.54) is 0 Å². The predicted molar refractivity (Wildman–Crippen MR) is 85.1 cm³/mol. The molecule has 5 heteroatoms. The van der Waals surface area contributed by atoms with Crippen LogP contribution in [-0.4, -0.2) is 31.1 Å². The topological polar surface area (TPSA) is 41.3 Å². The van der Waals surface area contributed by atoms with Crippen LogP contribution in [0.5, 0.6) is 0 Å². The third-order valence-electron chi connectivity index (χ3n) is 3.37. The van der Waals surface area contributed by atoms with Crippen molar-refractivity contribution in [2.24, 2.45) is 0 Å². The number of halogens is 2. The zero-order chi connectivity index (χ0) is 14.4. The summed E-state index contributed by atoms with van der Waals surface area (Å²) in [5.74, 6) is 0. The number of hydrogen-bond acceptors (Lipinski definition) is 3. The number of benzene rings is 1. The van der Waals surface area contributed by atoms with Gasteiger partial charge in [-0.1, -0.05) is 37.0 Å². The monoisotopic (exact) mass is 303 g/mol. The van der Waals surface area contributed by atoms with Crippen molar-refractivity contribution in [1.82, 2.24) is 10.2 Å². The fraction of sp³-hybridized carbons (Fsp3) is 0.571. The van der Waals surface area contributed by atoms with E-state index in [1.807, 2.05) is 12.1 Å². The van der Waals surface area contributed by atoms with Crippen LogP contribution in [0.3, 0.4) is 0 Å². The summed E-state index contributed by atoms with van der Waals surface area (Å²) >= 11 is 12.1. The van der Waals surface area contributed by atoms with E-state index in [0.29, 0.717) is 15.7 Å². The van der Waals surface area contributed by atoms with Crippen molar-refractivity contribution in [2.75, 3.05) is 31.9 Å². The first-order valence-corrected chi connectivity index (χ1v) is 7.45. The molecule has 1 aromatic carbocycles. The van der Waals surface area contributed by atoms with Gasteiger partial charge in [-0.3, -0.25) is 0 Å². The largest absolute Gasteiger partial charge is 0.396 e. The van der Waals surface area contributed by atoms with Crippen LogP contribution in [0.1, 0.15) is 32.4 Å². The molecule has 0 radical (unpaired) electrons. The number of rotatable bonds is 7. The fourth-order valence-electron chi connectivity index (χ4n) is 1.95. The van der Waals surface area contributed by atoms with Crippen LogP contribution in [-0.2, 0) is 0 Å². The van der Waals surface area contributed by atoms with Crippen LogP contribution < -0.4 is 11.1 Å². The molecular formula is C14H23Cl2N3. The van der Waals surface area contributed by atoms with E-state index in [4.69, 9.17) is 28.9 Å². The van der Waals surface area contributed by atoms with Crippen LogP contribution in [0.4, 0.5) is 5.69 Å². The summed E-state index contributed by atoms with van der Waals surface area (Å²) in [6.45, 7) is 10.6. The van der Waals surface area contributed by atoms with Gasteiger partial charge in [0.2, 0.25) is 0 Å². The van der Waals surface area contributed by atoms with Crippen molar-refractivity contribution in [1.29, 1.82) is 0 Å². The highest BCUT2D eigenvalue weighted by atomic mass is 35.5. The number of hydrogen-bond donors (Lipinski definition) is 2. The van der Waals surface area contributed by atoms with E-state index in [0.717, 1.165) is 31.7 Å². The normalized spacial score (nSPS) is 12.9. The third-order valence-corrected chi connectivity index (χ3v) is 4.00. The van der Waals surface area contributed by atoms with E-state index in [2.05, 4.69) is 31.0 Å². The Morgan fingerprint density at radius 1 is 1.21 bits per heavy atom. The summed E-state index contributed by atoms with van der Waals surface area (Å²) in [5, 5.41) is 4.50. The van der Waals surface area contributed by atoms with Crippen molar-refractivity contribution in [3.8, 4) is 0 Å². The molecule has 1 rings (SSSR count). The van der Waals surface area contributed by atoms with Gasteiger partial charge in [-0.25, -0.2) is 0 Å². The van der Waals surface area contributed by atoms with Crippen LogP contribution in [0.15, 0.2) is 12.1 Å². The van der Waals surface area contributed by atoms with Crippen LogP contribution in [0.25, 0.3) is 0 Å². The summed E-state index contributed by atoms with van der Waals surface area (Å²) in [6, 6.07) is 3.95. The lowest BCUT2D eigenvalue weighted by Gasteiger charge is -2.21. The Balaban J connectivity index is 2.56. The number of anilines is 1. The molecule has 0 amide bonds. The Kier molecular flexibility index (Phi) is 6.94. The van der Waals surface area contributed by atoms with Crippen molar-refractivity contribution >= 4 is 28.9 Å². The average Bonchev–Trinajstić information content (AvgIpc) is 2.40. The van der Waals surface area contributed by atoms with Gasteiger partial charge in [0.25, 0.3) is 0 Å². The molecule has 0 aliphatic heterocycles. The van der Waals surface area contributed by atoms with Gasteiger partial charge in [0.05, 0.1) is 15.7 Å². The first-order valence-electron chi connectivity index (χ1n) is 6.69. The maximum absolute atomic E-state index is 6.05. The molecule has 0 bridgehead atoms. The van der Waals surface area contributed by atoms with E-state index in [9.17, 15) is 0 Å². The van der Waals surface area contributed by atoms with E-state index in [-0.39, 0.29) is 6.04 Å². The Morgan fingerprint density at radius 3 is 2.21 bits per heavy atom. The Labute approximate surface area is 126 Å². The lowest BCUT2D eigenvalue weighted by atomic mass is 10.1. The Hall–Kier alpha value is -0.480. The SMILES string of the molecule is CCN(CC)CCNC(C)c1cc(Cl)c(N)c(Cl)c1. The molecule has 3 nitrogen and oxygen atoms in total. The molecule has 1 atom stereocenters. The molecule has 1 unspecified atom stereocenters. The number of nitrogens with zero attached hydrogens (tertiary/aromatic N) is 1. The van der Waals surface area contributed by atoms with Gasteiger partial charge < -0.3 is 16.0 Å². The Bertz CT molecular complexity index is 383. The molecule has 0 aromatic heterocycles. The van der Waals surface area contributed by atoms with Crippen LogP contribution >= 0.6 is 23.2 Å². The van der Waals surface area contributed by atoms with Crippen LogP contribution in [0.2, 0.25) is 10.0 Å². The second-order valence-corrected chi connectivity index (χ2v) is 5.42. The van der Waals surface area contributed by atoms with E-state index >= 15 is 0 Å². The van der Waals surface area contributed by atoms with Gasteiger partial charge in [0.15, 0.2) is 0 Å². The molecule has 0 aliphatic carbocycles. The summed E-state index contributed by atoms with van der Waals surface area (Å²) < 4.78 is 0. The molecule has 0 saturated carbocycles. The highest BCUT2D eigenvalue weighted by Crippen LogP contribution is 2.31. The smallest absolute Gasteiger partial charge is 0.0693 e. The molecule has 0 saturated heterocycles. The average molecular weight is 304 g/mol. The van der Waals surface area contributed by atoms with Crippen LogP contribution in [0, 0.1) is 0 Å². The number of likely N-dealkylation sites (N-methyl/N-ethyl adjacent to an activating group) is 1. The fourth-order valence-corrected chi connectivity index (χ4v) is 2.45. The van der Waals surface area contributed by atoms with E-state index in [1.54, 1.807) is 0 Å². The number of nitrogens with one attached hydrogen (secondary N) is 1. The maximum atomic E-state index is 6.05. The van der Waals surface area contributed by atoms with Gasteiger partial charge in [0, 0.05) is 19.1 Å². The molecule has 19 heavy (non-hydrogen) atoms. The summed E-state index contributed by atoms with van der Waals surface area (Å²) in [6.07, 6.45) is 0. The van der Waals surface area contributed by atoms with Crippen molar-refractivity contribution in [3.05, 3.63) is 27.7 Å². The minimum atomic E-state index is 0.200. The highest BCUT2D eigenvalue weighted by molar-refractivity contribution is 6.38. The molecule has 1 aromatic rings. The number of nitrogens with two attached hydrogens (primary N) is 1. The van der Waals surface area contributed by atoms with E-state index < -0.39 is 0 Å². The molecule has 0 spiro atoms. The van der Waals surface area contributed by atoms with Gasteiger partial charge >= 0.3 is 0 Å². The minimum absolute atomic E-state index is 0.200. The quantitative estimate of drug-likeness (QED) is 0.757. The third kappa shape index (κ3) is 4.84. The van der Waals surface area contributed by atoms with Gasteiger partial charge in [-0.05, 0) is 37.7 Å². The zero-order valence-electron chi connectivity index (χ0n) is 11.8. The van der Waals surface area contributed by atoms with Gasteiger partial charge in [-0.15, -0.1) is 0 Å². The lowest BCUT2D eigenvalue weighted by Crippen LogP contribution is -2.33.